The van der Waals surface area contributed by atoms with E-state index in [1.807, 2.05) is 13.0 Å². The monoisotopic (exact) mass is 284 g/mol. The van der Waals surface area contributed by atoms with Crippen molar-refractivity contribution in [3.63, 3.8) is 0 Å². The lowest BCUT2D eigenvalue weighted by Crippen LogP contribution is -2.25. The number of halogens is 2. The Hall–Kier alpha value is -1.07. The van der Waals surface area contributed by atoms with Gasteiger partial charge in [0, 0.05) is 24.8 Å². The maximum Gasteiger partial charge on any atom is 0.251 e. The molecule has 1 aromatic heterocycles. The standard InChI is InChI=1S/C15H22F2N2O/c1-3-12-4-5-13(11-6-7-20-10-11)14(18-12)8-19(2)9-15(16)17/h4-5,11,15H,3,6-10H2,1-2H3. The van der Waals surface area contributed by atoms with Crippen LogP contribution in [0.15, 0.2) is 12.1 Å². The number of alkyl halides is 2. The fourth-order valence-corrected chi connectivity index (χ4v) is 2.59. The molecular weight excluding hydrogens is 262 g/mol. The highest BCUT2D eigenvalue weighted by molar-refractivity contribution is 5.28. The maximum atomic E-state index is 12.5. The van der Waals surface area contributed by atoms with Gasteiger partial charge in [-0.25, -0.2) is 8.78 Å². The van der Waals surface area contributed by atoms with Crippen molar-refractivity contribution >= 4 is 0 Å². The Balaban J connectivity index is 2.18. The molecule has 2 heterocycles. The predicted molar refractivity (Wildman–Crippen MR) is 74.1 cm³/mol. The Bertz CT molecular complexity index is 434. The topological polar surface area (TPSA) is 25.4 Å². The molecule has 2 rings (SSSR count). The summed E-state index contributed by atoms with van der Waals surface area (Å²) in [4.78, 5) is 6.27. The molecule has 0 radical (unpaired) electrons. The molecule has 0 saturated carbocycles. The van der Waals surface area contributed by atoms with E-state index in [2.05, 4.69) is 11.1 Å². The van der Waals surface area contributed by atoms with Gasteiger partial charge >= 0.3 is 0 Å². The molecule has 3 nitrogen and oxygen atoms in total. The Kier molecular flexibility index (Phi) is 5.43. The lowest BCUT2D eigenvalue weighted by Gasteiger charge is -2.20. The van der Waals surface area contributed by atoms with Gasteiger partial charge in [-0.05, 0) is 31.5 Å². The van der Waals surface area contributed by atoms with Crippen LogP contribution in [0.25, 0.3) is 0 Å². The fourth-order valence-electron chi connectivity index (χ4n) is 2.59. The normalized spacial score (nSPS) is 19.2. The third-order valence-corrected chi connectivity index (χ3v) is 3.67. The molecule has 0 spiro atoms. The van der Waals surface area contributed by atoms with E-state index in [0.717, 1.165) is 36.4 Å². The van der Waals surface area contributed by atoms with E-state index in [-0.39, 0.29) is 6.54 Å². The number of aryl methyl sites for hydroxylation is 1. The SMILES string of the molecule is CCc1ccc(C2CCOC2)c(CN(C)CC(F)F)n1. The second-order valence-electron chi connectivity index (χ2n) is 5.34. The molecule has 0 N–H and O–H groups in total. The zero-order valence-electron chi connectivity index (χ0n) is 12.1. The number of pyridine rings is 1. The summed E-state index contributed by atoms with van der Waals surface area (Å²) in [7, 11) is 1.71. The number of rotatable bonds is 6. The molecule has 0 amide bonds. The van der Waals surface area contributed by atoms with Gasteiger partial charge in [0.05, 0.1) is 18.8 Å². The van der Waals surface area contributed by atoms with E-state index < -0.39 is 6.43 Å². The molecule has 0 aliphatic carbocycles. The van der Waals surface area contributed by atoms with Crippen LogP contribution in [-0.2, 0) is 17.7 Å². The number of hydrogen-bond acceptors (Lipinski definition) is 3. The summed E-state index contributed by atoms with van der Waals surface area (Å²) in [6.07, 6.45) is -0.473. The van der Waals surface area contributed by atoms with Crippen LogP contribution in [-0.4, -0.2) is 43.1 Å². The van der Waals surface area contributed by atoms with E-state index in [1.165, 1.54) is 0 Å². The minimum atomic E-state index is -2.31. The molecule has 5 heteroatoms. The van der Waals surface area contributed by atoms with Gasteiger partial charge in [0.2, 0.25) is 0 Å². The molecule has 1 fully saturated rings. The molecule has 1 aliphatic heterocycles. The van der Waals surface area contributed by atoms with Crippen LogP contribution in [0.4, 0.5) is 8.78 Å². The largest absolute Gasteiger partial charge is 0.381 e. The maximum absolute atomic E-state index is 12.5. The predicted octanol–water partition coefficient (Wildman–Crippen LogP) is 2.84. The van der Waals surface area contributed by atoms with Crippen molar-refractivity contribution in [2.75, 3.05) is 26.8 Å². The van der Waals surface area contributed by atoms with Gasteiger partial charge < -0.3 is 4.74 Å². The van der Waals surface area contributed by atoms with Crippen molar-refractivity contribution in [2.24, 2.45) is 0 Å². The van der Waals surface area contributed by atoms with Gasteiger partial charge in [0.25, 0.3) is 6.43 Å². The molecule has 1 atom stereocenters. The molecule has 1 saturated heterocycles. The van der Waals surface area contributed by atoms with Crippen molar-refractivity contribution < 1.29 is 13.5 Å². The van der Waals surface area contributed by atoms with Crippen LogP contribution < -0.4 is 0 Å². The molecule has 112 valence electrons. The smallest absolute Gasteiger partial charge is 0.251 e. The van der Waals surface area contributed by atoms with Gasteiger partial charge in [-0.1, -0.05) is 13.0 Å². The van der Waals surface area contributed by atoms with E-state index in [0.29, 0.717) is 19.1 Å². The Morgan fingerprint density at radius 3 is 2.85 bits per heavy atom. The van der Waals surface area contributed by atoms with Crippen LogP contribution >= 0.6 is 0 Å². The van der Waals surface area contributed by atoms with Crippen molar-refractivity contribution in [1.29, 1.82) is 0 Å². The van der Waals surface area contributed by atoms with Gasteiger partial charge in [0.15, 0.2) is 0 Å². The Morgan fingerprint density at radius 2 is 2.25 bits per heavy atom. The molecule has 20 heavy (non-hydrogen) atoms. The summed E-state index contributed by atoms with van der Waals surface area (Å²) in [5.41, 5.74) is 3.08. The lowest BCUT2D eigenvalue weighted by molar-refractivity contribution is 0.0968. The van der Waals surface area contributed by atoms with Crippen LogP contribution in [0.5, 0.6) is 0 Å². The number of nitrogens with zero attached hydrogens (tertiary/aromatic N) is 2. The number of aromatic nitrogens is 1. The minimum Gasteiger partial charge on any atom is -0.381 e. The first-order valence-electron chi connectivity index (χ1n) is 7.13. The first kappa shape index (κ1) is 15.3. The van der Waals surface area contributed by atoms with Crippen LogP contribution in [0, 0.1) is 0 Å². The number of hydrogen-bond donors (Lipinski definition) is 0. The average Bonchev–Trinajstić information content (AvgIpc) is 2.91. The van der Waals surface area contributed by atoms with E-state index >= 15 is 0 Å². The highest BCUT2D eigenvalue weighted by Crippen LogP contribution is 2.28. The summed E-state index contributed by atoms with van der Waals surface area (Å²) >= 11 is 0. The second kappa shape index (κ2) is 7.09. The highest BCUT2D eigenvalue weighted by Gasteiger charge is 2.22. The first-order valence-corrected chi connectivity index (χ1v) is 7.13. The summed E-state index contributed by atoms with van der Waals surface area (Å²) in [5.74, 6) is 0.350. The van der Waals surface area contributed by atoms with Crippen molar-refractivity contribution in [3.05, 3.63) is 29.1 Å². The lowest BCUT2D eigenvalue weighted by atomic mass is 9.96. The molecule has 0 aromatic carbocycles. The first-order chi connectivity index (χ1) is 9.60. The second-order valence-corrected chi connectivity index (χ2v) is 5.34. The zero-order chi connectivity index (χ0) is 14.5. The molecule has 1 aliphatic rings. The Morgan fingerprint density at radius 1 is 1.45 bits per heavy atom. The average molecular weight is 284 g/mol. The molecule has 1 unspecified atom stereocenters. The third-order valence-electron chi connectivity index (χ3n) is 3.67. The summed E-state index contributed by atoms with van der Waals surface area (Å²) < 4.78 is 30.3. The minimum absolute atomic E-state index is 0.224. The summed E-state index contributed by atoms with van der Waals surface area (Å²) in [6.45, 7) is 3.77. The number of ether oxygens (including phenoxy) is 1. The Labute approximate surface area is 118 Å². The van der Waals surface area contributed by atoms with E-state index in [1.54, 1.807) is 11.9 Å². The van der Waals surface area contributed by atoms with Crippen LogP contribution in [0.1, 0.15) is 36.2 Å². The molecule has 0 bridgehead atoms. The molecule has 1 aromatic rings. The van der Waals surface area contributed by atoms with Crippen molar-refractivity contribution in [1.82, 2.24) is 9.88 Å². The van der Waals surface area contributed by atoms with Gasteiger partial charge in [-0.2, -0.15) is 0 Å². The fraction of sp³-hybridized carbons (Fsp3) is 0.667. The van der Waals surface area contributed by atoms with E-state index in [9.17, 15) is 8.78 Å². The zero-order valence-corrected chi connectivity index (χ0v) is 12.1. The van der Waals surface area contributed by atoms with Crippen LogP contribution in [0.3, 0.4) is 0 Å². The van der Waals surface area contributed by atoms with Crippen LogP contribution in [0.2, 0.25) is 0 Å². The quantitative estimate of drug-likeness (QED) is 0.803. The summed E-state index contributed by atoms with van der Waals surface area (Å²) in [6, 6.07) is 4.13. The van der Waals surface area contributed by atoms with Crippen molar-refractivity contribution in [2.45, 2.75) is 38.7 Å². The highest BCUT2D eigenvalue weighted by atomic mass is 19.3. The van der Waals surface area contributed by atoms with Gasteiger partial charge in [0.1, 0.15) is 0 Å². The van der Waals surface area contributed by atoms with Gasteiger partial charge in [-0.15, -0.1) is 0 Å². The van der Waals surface area contributed by atoms with Crippen molar-refractivity contribution in [3.8, 4) is 0 Å². The third kappa shape index (κ3) is 3.96. The van der Waals surface area contributed by atoms with E-state index in [4.69, 9.17) is 4.74 Å². The summed E-state index contributed by atoms with van der Waals surface area (Å²) in [5, 5.41) is 0. The molecular formula is C15H22F2N2O. The van der Waals surface area contributed by atoms with Gasteiger partial charge in [-0.3, -0.25) is 9.88 Å².